The summed E-state index contributed by atoms with van der Waals surface area (Å²) in [5.41, 5.74) is -0.125. The summed E-state index contributed by atoms with van der Waals surface area (Å²) in [6, 6.07) is 6.04. The Bertz CT molecular complexity index is 1350. The first-order chi connectivity index (χ1) is 14.3. The van der Waals surface area contributed by atoms with Gasteiger partial charge in [0.1, 0.15) is 11.3 Å². The van der Waals surface area contributed by atoms with Crippen LogP contribution in [0.15, 0.2) is 50.4 Å². The quantitative estimate of drug-likeness (QED) is 0.150. The van der Waals surface area contributed by atoms with Gasteiger partial charge < -0.3 is 4.98 Å². The van der Waals surface area contributed by atoms with Crippen molar-refractivity contribution < 1.29 is 13.3 Å². The average molecular weight is 674 g/mol. The highest BCUT2D eigenvalue weighted by molar-refractivity contribution is 9.10. The van der Waals surface area contributed by atoms with Crippen molar-refractivity contribution in [3.05, 3.63) is 73.0 Å². The minimum Gasteiger partial charge on any atom is -0.303 e. The van der Waals surface area contributed by atoms with E-state index in [2.05, 4.69) is 85.5 Å². The van der Waals surface area contributed by atoms with Gasteiger partial charge in [-0.25, -0.2) is 28.5 Å². The van der Waals surface area contributed by atoms with Gasteiger partial charge in [-0.2, -0.15) is 0 Å². The third-order valence-electron chi connectivity index (χ3n) is 3.21. The van der Waals surface area contributed by atoms with E-state index < -0.39 is 22.5 Å². The van der Waals surface area contributed by atoms with Crippen LogP contribution < -0.4 is 5.69 Å². The van der Waals surface area contributed by atoms with Crippen molar-refractivity contribution in [1.29, 1.82) is 0 Å². The van der Waals surface area contributed by atoms with Gasteiger partial charge in [0.25, 0.3) is 0 Å². The lowest BCUT2D eigenvalue weighted by Crippen LogP contribution is -2.09. The molecule has 172 valence electrons. The minimum atomic E-state index is -3.22. The molecule has 0 aliphatic rings. The molecule has 0 amide bonds. The molecule has 0 spiro atoms. The summed E-state index contributed by atoms with van der Waals surface area (Å²) in [6.07, 6.45) is 2.82. The Hall–Kier alpha value is -0.870. The van der Waals surface area contributed by atoms with E-state index in [0.717, 1.165) is 0 Å². The maximum atomic E-state index is 13.2. The van der Waals surface area contributed by atoms with E-state index in [1.54, 1.807) is 12.1 Å². The first-order valence-electron chi connectivity index (χ1n) is 7.64. The Morgan fingerprint density at radius 2 is 1.41 bits per heavy atom. The zero-order valence-electron chi connectivity index (χ0n) is 14.6. The summed E-state index contributed by atoms with van der Waals surface area (Å²) in [5.74, 6) is -0.877. The molecule has 0 saturated heterocycles. The number of H-pyrrole nitrogens is 1. The molecule has 15 heteroatoms. The highest BCUT2D eigenvalue weighted by Crippen LogP contribution is 2.61. The normalized spacial score (nSPS) is 10.5. The molecule has 0 saturated carbocycles. The van der Waals surface area contributed by atoms with Gasteiger partial charge in [-0.1, -0.05) is 39.3 Å². The number of rotatable bonds is 0. The van der Waals surface area contributed by atoms with Crippen LogP contribution in [0.2, 0.25) is 5.28 Å². The van der Waals surface area contributed by atoms with Crippen LogP contribution in [0.4, 0.5) is 8.78 Å². The highest BCUT2D eigenvalue weighted by atomic mass is 79.9. The van der Waals surface area contributed by atoms with Crippen molar-refractivity contribution in [3.63, 3.8) is 0 Å². The summed E-state index contributed by atoms with van der Waals surface area (Å²) in [4.78, 5) is 24.1. The number of aromatic amines is 1. The summed E-state index contributed by atoms with van der Waals surface area (Å²) in [5, 5.41) is -1.99. The van der Waals surface area contributed by atoms with E-state index in [9.17, 15) is 18.1 Å². The van der Waals surface area contributed by atoms with Gasteiger partial charge in [0, 0.05) is 32.1 Å². The third-order valence-corrected chi connectivity index (χ3v) is 4.31. The second kappa shape index (κ2) is 12.6. The molecular weight excluding hydrogens is 663 g/mol. The van der Waals surface area contributed by atoms with E-state index in [4.69, 9.17) is 11.6 Å². The van der Waals surface area contributed by atoms with E-state index in [-0.39, 0.29) is 23.7 Å². The van der Waals surface area contributed by atoms with Crippen molar-refractivity contribution in [1.82, 2.24) is 19.9 Å². The molecular formula is C17H11Br2Cl4F2N4O2P. The Balaban J connectivity index is 0.000000259. The summed E-state index contributed by atoms with van der Waals surface area (Å²) < 4.78 is 37.2. The van der Waals surface area contributed by atoms with Crippen molar-refractivity contribution in [2.75, 3.05) is 0 Å². The van der Waals surface area contributed by atoms with Crippen molar-refractivity contribution in [3.8, 4) is 0 Å². The number of fused-ring (bicyclic) bond motifs is 2. The average Bonchev–Trinajstić information content (AvgIpc) is 2.62. The van der Waals surface area contributed by atoms with E-state index in [1.807, 2.05) is 0 Å². The van der Waals surface area contributed by atoms with Crippen LogP contribution in [-0.4, -0.2) is 19.9 Å². The highest BCUT2D eigenvalue weighted by Gasteiger charge is 2.05. The Morgan fingerprint density at radius 3 is 2.00 bits per heavy atom. The maximum absolute atomic E-state index is 13.2. The molecule has 0 radical (unpaired) electrons. The SMILES string of the molecule is C.Fc1cc(Br)cc2cnc(Cl)nc12.O=P(Cl)(Cl)Cl.O=c1ncc2cc(Br)cc(F)c2[nH]1. The Kier molecular flexibility index (Phi) is 11.4. The predicted octanol–water partition coefficient (Wildman–Crippen LogP) is 8.46. The van der Waals surface area contributed by atoms with Crippen molar-refractivity contribution >= 4 is 104 Å². The fourth-order valence-electron chi connectivity index (χ4n) is 2.14. The van der Waals surface area contributed by atoms with Gasteiger partial charge in [-0.15, -0.1) is 0 Å². The number of aromatic nitrogens is 4. The van der Waals surface area contributed by atoms with Gasteiger partial charge in [0.05, 0.1) is 5.52 Å². The summed E-state index contributed by atoms with van der Waals surface area (Å²) in [7, 11) is 0. The fourth-order valence-corrected chi connectivity index (χ4v) is 3.17. The molecule has 0 fully saturated rings. The van der Waals surface area contributed by atoms with Crippen LogP contribution in [0.25, 0.3) is 21.8 Å². The van der Waals surface area contributed by atoms with Crippen molar-refractivity contribution in [2.24, 2.45) is 0 Å². The summed E-state index contributed by atoms with van der Waals surface area (Å²) in [6.45, 7) is 0. The number of halogens is 8. The first-order valence-corrected chi connectivity index (χ1v) is 14.0. The maximum Gasteiger partial charge on any atom is 0.345 e. The van der Waals surface area contributed by atoms with Gasteiger partial charge in [0.2, 0.25) is 5.28 Å². The monoisotopic (exact) mass is 670 g/mol. The lowest BCUT2D eigenvalue weighted by atomic mass is 10.2. The summed E-state index contributed by atoms with van der Waals surface area (Å²) >= 11 is 25.7. The van der Waals surface area contributed by atoms with Crippen LogP contribution >= 0.6 is 82.4 Å². The molecule has 0 aliphatic carbocycles. The van der Waals surface area contributed by atoms with Crippen LogP contribution in [0.1, 0.15) is 7.43 Å². The van der Waals surface area contributed by atoms with Crippen LogP contribution in [0, 0.1) is 11.6 Å². The molecule has 0 aliphatic heterocycles. The number of nitrogens with one attached hydrogen (secondary N) is 1. The Morgan fingerprint density at radius 1 is 0.906 bits per heavy atom. The topological polar surface area (TPSA) is 88.6 Å². The second-order valence-electron chi connectivity index (χ2n) is 5.40. The zero-order chi connectivity index (χ0) is 23.3. The van der Waals surface area contributed by atoms with Gasteiger partial charge in [-0.3, -0.25) is 4.57 Å². The molecule has 0 atom stereocenters. The van der Waals surface area contributed by atoms with Gasteiger partial charge in [0.15, 0.2) is 5.82 Å². The second-order valence-corrected chi connectivity index (χ2v) is 14.2. The minimum absolute atomic E-state index is 0. The largest absolute Gasteiger partial charge is 0.345 e. The molecule has 2 aromatic carbocycles. The molecule has 0 bridgehead atoms. The third kappa shape index (κ3) is 9.55. The van der Waals surface area contributed by atoms with E-state index >= 15 is 0 Å². The van der Waals surface area contributed by atoms with Crippen LogP contribution in [0.3, 0.4) is 0 Å². The lowest BCUT2D eigenvalue weighted by molar-refractivity contribution is 0.600. The molecule has 2 aromatic heterocycles. The molecule has 1 N–H and O–H groups in total. The molecule has 0 unspecified atom stereocenters. The van der Waals surface area contributed by atoms with Gasteiger partial charge >= 0.3 is 10.9 Å². The van der Waals surface area contributed by atoms with Crippen LogP contribution in [0.5, 0.6) is 0 Å². The molecule has 2 heterocycles. The van der Waals surface area contributed by atoms with E-state index in [0.29, 0.717) is 19.7 Å². The number of hydrogen-bond donors (Lipinski definition) is 1. The zero-order valence-corrected chi connectivity index (χ0v) is 21.7. The predicted molar refractivity (Wildman–Crippen MR) is 134 cm³/mol. The molecule has 6 nitrogen and oxygen atoms in total. The smallest absolute Gasteiger partial charge is 0.303 e. The fraction of sp³-hybridized carbons (Fsp3) is 0.0588. The molecule has 4 aromatic rings. The Labute approximate surface area is 216 Å². The number of nitrogens with zero attached hydrogens (tertiary/aromatic N) is 3. The van der Waals surface area contributed by atoms with Crippen LogP contribution in [-0.2, 0) is 4.57 Å². The molecule has 4 rings (SSSR count). The number of benzene rings is 2. The first kappa shape index (κ1) is 29.2. The number of hydrogen-bond acceptors (Lipinski definition) is 5. The van der Waals surface area contributed by atoms with Gasteiger partial charge in [-0.05, 0) is 69.6 Å². The standard InChI is InChI=1S/C8H3BrClFN2.C8H4BrFN2O.CH4.Cl3OP/c9-5-1-4-3-12-8(10)13-7(4)6(11)2-5;9-5-1-4-3-11-8(13)12-7(4)6(10)2-5;;1-5(2,3)4/h1-3H;1-3H,(H,11,12,13);1H4;. The lowest BCUT2D eigenvalue weighted by Gasteiger charge is -1.99. The van der Waals surface area contributed by atoms with Crippen molar-refractivity contribution in [2.45, 2.75) is 7.43 Å². The molecule has 32 heavy (non-hydrogen) atoms. The van der Waals surface area contributed by atoms with E-state index in [1.165, 1.54) is 24.5 Å².